The van der Waals surface area contributed by atoms with E-state index in [1.165, 1.54) is 0 Å². The fraction of sp³-hybridized carbons (Fsp3) is 0.167. The lowest BCUT2D eigenvalue weighted by Gasteiger charge is -2.17. The maximum absolute atomic E-state index is 11.4. The van der Waals surface area contributed by atoms with Crippen molar-refractivity contribution in [3.8, 4) is 23.0 Å². The van der Waals surface area contributed by atoms with Gasteiger partial charge in [-0.1, -0.05) is 30.8 Å². The molecule has 2 aromatic carbocycles. The van der Waals surface area contributed by atoms with E-state index in [0.717, 1.165) is 0 Å². The van der Waals surface area contributed by atoms with Gasteiger partial charge in [-0.2, -0.15) is 0 Å². The number of ether oxygens (including phenoxy) is 3. The first-order valence-electron chi connectivity index (χ1n) is 7.05. The lowest BCUT2D eigenvalue weighted by atomic mass is 10.3. The van der Waals surface area contributed by atoms with Gasteiger partial charge in [-0.3, -0.25) is 0 Å². The molecule has 1 atom stereocenters. The van der Waals surface area contributed by atoms with E-state index in [1.807, 2.05) is 18.2 Å². The predicted molar refractivity (Wildman–Crippen MR) is 85.6 cm³/mol. The second-order valence-electron chi connectivity index (χ2n) is 4.89. The number of phenolic OH excluding ortho intramolecular Hbond substituents is 1. The largest absolute Gasteiger partial charge is 0.502 e. The summed E-state index contributed by atoms with van der Waals surface area (Å²) in [5.74, 6) is 0.248. The van der Waals surface area contributed by atoms with Gasteiger partial charge in [0.2, 0.25) is 12.0 Å². The molecule has 0 aliphatic rings. The fourth-order valence-corrected chi connectivity index (χ4v) is 1.75. The van der Waals surface area contributed by atoms with Gasteiger partial charge in [0.1, 0.15) is 5.75 Å². The second kappa shape index (κ2) is 7.35. The molecule has 0 spiro atoms. The van der Waals surface area contributed by atoms with E-state index in [9.17, 15) is 9.90 Å². The Bertz CT molecular complexity index is 694. The Morgan fingerprint density at radius 1 is 1.09 bits per heavy atom. The average molecular weight is 314 g/mol. The summed E-state index contributed by atoms with van der Waals surface area (Å²) in [6.45, 7) is 6.58. The van der Waals surface area contributed by atoms with Gasteiger partial charge in [0.25, 0.3) is 0 Å². The summed E-state index contributed by atoms with van der Waals surface area (Å²) in [4.78, 5) is 11.4. The smallest absolute Gasteiger partial charge is 0.336 e. The third-order valence-electron chi connectivity index (χ3n) is 2.85. The minimum atomic E-state index is -0.878. The highest BCUT2D eigenvalue weighted by Crippen LogP contribution is 2.38. The van der Waals surface area contributed by atoms with Gasteiger partial charge in [-0.05, 0) is 31.2 Å². The van der Waals surface area contributed by atoms with E-state index in [2.05, 4.69) is 6.58 Å². The third-order valence-corrected chi connectivity index (χ3v) is 2.85. The number of hydrogen-bond donors (Lipinski definition) is 1. The monoisotopic (exact) mass is 314 g/mol. The van der Waals surface area contributed by atoms with Crippen molar-refractivity contribution in [3.63, 3.8) is 0 Å². The van der Waals surface area contributed by atoms with Crippen molar-refractivity contribution in [2.75, 3.05) is 0 Å². The van der Waals surface area contributed by atoms with Gasteiger partial charge < -0.3 is 19.3 Å². The van der Waals surface area contributed by atoms with E-state index >= 15 is 0 Å². The third kappa shape index (κ3) is 4.51. The SMILES string of the molecule is C=C(C)C(=O)OC(C)Oc1cccc(Oc2ccccc2)c1O. The zero-order valence-electron chi connectivity index (χ0n) is 13.0. The fourth-order valence-electron chi connectivity index (χ4n) is 1.75. The average Bonchev–Trinajstić information content (AvgIpc) is 2.52. The van der Waals surface area contributed by atoms with Crippen LogP contribution in [0, 0.1) is 0 Å². The number of hydrogen-bond acceptors (Lipinski definition) is 5. The van der Waals surface area contributed by atoms with E-state index in [1.54, 1.807) is 44.2 Å². The van der Waals surface area contributed by atoms with Crippen molar-refractivity contribution in [1.29, 1.82) is 0 Å². The molecule has 0 aromatic heterocycles. The molecule has 120 valence electrons. The minimum absolute atomic E-state index is 0.153. The molecule has 1 unspecified atom stereocenters. The van der Waals surface area contributed by atoms with Crippen molar-refractivity contribution in [2.24, 2.45) is 0 Å². The molecule has 0 aliphatic carbocycles. The summed E-state index contributed by atoms with van der Waals surface area (Å²) in [6.07, 6.45) is -0.878. The van der Waals surface area contributed by atoms with Crippen molar-refractivity contribution in [3.05, 3.63) is 60.7 Å². The summed E-state index contributed by atoms with van der Waals surface area (Å²) < 4.78 is 16.0. The molecule has 0 radical (unpaired) electrons. The molecule has 2 rings (SSSR count). The molecule has 5 nitrogen and oxygen atoms in total. The second-order valence-corrected chi connectivity index (χ2v) is 4.89. The molecule has 5 heteroatoms. The van der Waals surface area contributed by atoms with Crippen molar-refractivity contribution < 1.29 is 24.1 Å². The van der Waals surface area contributed by atoms with Gasteiger partial charge >= 0.3 is 5.97 Å². The van der Waals surface area contributed by atoms with Gasteiger partial charge in [-0.15, -0.1) is 0 Å². The molecular weight excluding hydrogens is 296 g/mol. The molecule has 0 saturated carbocycles. The van der Waals surface area contributed by atoms with Crippen LogP contribution in [0.1, 0.15) is 13.8 Å². The standard InChI is InChI=1S/C18H18O5/c1-12(2)18(20)22-13(3)21-15-10-7-11-16(17(15)19)23-14-8-5-4-6-9-14/h4-11,13,19H,1H2,2-3H3. The van der Waals surface area contributed by atoms with Crippen LogP contribution in [-0.4, -0.2) is 17.4 Å². The molecule has 0 fully saturated rings. The van der Waals surface area contributed by atoms with Gasteiger partial charge in [0.15, 0.2) is 11.5 Å². The van der Waals surface area contributed by atoms with E-state index in [-0.39, 0.29) is 22.8 Å². The Balaban J connectivity index is 2.10. The molecule has 1 N–H and O–H groups in total. The van der Waals surface area contributed by atoms with E-state index in [0.29, 0.717) is 5.75 Å². The summed E-state index contributed by atoms with van der Waals surface area (Å²) >= 11 is 0. The topological polar surface area (TPSA) is 65.0 Å². The number of para-hydroxylation sites is 2. The first-order chi connectivity index (χ1) is 11.0. The van der Waals surface area contributed by atoms with Crippen molar-refractivity contribution in [2.45, 2.75) is 20.1 Å². The Morgan fingerprint density at radius 3 is 2.39 bits per heavy atom. The van der Waals surface area contributed by atoms with E-state index < -0.39 is 12.3 Å². The predicted octanol–water partition coefficient (Wildman–Crippen LogP) is 4.03. The van der Waals surface area contributed by atoms with Crippen molar-refractivity contribution in [1.82, 2.24) is 0 Å². The number of carbonyl (C=O) groups is 1. The molecule has 0 aliphatic heterocycles. The molecule has 23 heavy (non-hydrogen) atoms. The minimum Gasteiger partial charge on any atom is -0.502 e. The van der Waals surface area contributed by atoms with E-state index in [4.69, 9.17) is 14.2 Å². The first-order valence-corrected chi connectivity index (χ1v) is 7.05. The number of aromatic hydroxyl groups is 1. The number of phenols is 1. The highest BCUT2D eigenvalue weighted by molar-refractivity contribution is 5.87. The molecular formula is C18H18O5. The van der Waals surface area contributed by atoms with Crippen LogP contribution in [0.4, 0.5) is 0 Å². The molecule has 0 saturated heterocycles. The molecule has 0 bridgehead atoms. The zero-order valence-corrected chi connectivity index (χ0v) is 13.0. The van der Waals surface area contributed by atoms with Crippen molar-refractivity contribution >= 4 is 5.97 Å². The van der Waals surface area contributed by atoms with Gasteiger partial charge in [0, 0.05) is 12.5 Å². The number of benzene rings is 2. The number of rotatable bonds is 6. The molecule has 0 amide bonds. The Kier molecular flexibility index (Phi) is 5.25. The first kappa shape index (κ1) is 16.4. The number of carbonyl (C=O) groups excluding carboxylic acids is 1. The van der Waals surface area contributed by atoms with Crippen LogP contribution in [0.5, 0.6) is 23.0 Å². The maximum Gasteiger partial charge on any atom is 0.336 e. The summed E-state index contributed by atoms with van der Waals surface area (Å²) in [5, 5.41) is 10.2. The summed E-state index contributed by atoms with van der Waals surface area (Å²) in [5.41, 5.74) is 0.269. The van der Waals surface area contributed by atoms with Crippen LogP contribution in [0.15, 0.2) is 60.7 Å². The highest BCUT2D eigenvalue weighted by atomic mass is 16.7. The van der Waals surface area contributed by atoms with Gasteiger partial charge in [0.05, 0.1) is 0 Å². The molecule has 0 heterocycles. The van der Waals surface area contributed by atoms with Crippen LogP contribution < -0.4 is 9.47 Å². The summed E-state index contributed by atoms with van der Waals surface area (Å²) in [6, 6.07) is 13.9. The Labute approximate surface area is 134 Å². The highest BCUT2D eigenvalue weighted by Gasteiger charge is 2.16. The zero-order chi connectivity index (χ0) is 16.8. The summed E-state index contributed by atoms with van der Waals surface area (Å²) in [7, 11) is 0. The van der Waals surface area contributed by atoms with Crippen LogP contribution in [0.3, 0.4) is 0 Å². The van der Waals surface area contributed by atoms with Crippen LogP contribution >= 0.6 is 0 Å². The Hall–Kier alpha value is -2.95. The van der Waals surface area contributed by atoms with Crippen LogP contribution in [0.25, 0.3) is 0 Å². The molecule has 2 aromatic rings. The number of esters is 1. The maximum atomic E-state index is 11.4. The van der Waals surface area contributed by atoms with Crippen LogP contribution in [0.2, 0.25) is 0 Å². The lowest BCUT2D eigenvalue weighted by Crippen LogP contribution is -2.21. The van der Waals surface area contributed by atoms with Gasteiger partial charge in [-0.25, -0.2) is 4.79 Å². The quantitative estimate of drug-likeness (QED) is 0.495. The Morgan fingerprint density at radius 2 is 1.74 bits per heavy atom. The normalized spacial score (nSPS) is 11.4. The van der Waals surface area contributed by atoms with Crippen LogP contribution in [-0.2, 0) is 9.53 Å². The lowest BCUT2D eigenvalue weighted by molar-refractivity contribution is -0.156.